The standard InChI is InChI=1S/C36H53NO3/c1-6-10-33(37-25(7-2)8-3)24-11-9-12-27(21-24)40-20-19-36-18-17-28-29-14-13-26(38)22-32(29)35(4,5)23-30(28)31(36)15-16-34(36)39/h9,11-12,21-22,25,28-31,33,37H,6-8,10,13-20,23H2,1-5H3/t28?,29?,30?,31?,33?,36-/m1/s1. The molecular weight excluding hydrogens is 494 g/mol. The Morgan fingerprint density at radius 3 is 2.58 bits per heavy atom. The molecule has 0 saturated heterocycles. The van der Waals surface area contributed by atoms with Gasteiger partial charge >= 0.3 is 0 Å². The molecule has 5 unspecified atom stereocenters. The van der Waals surface area contributed by atoms with Crippen LogP contribution in [0.1, 0.15) is 123 Å². The Hall–Kier alpha value is -1.94. The Kier molecular flexibility index (Phi) is 8.95. The molecule has 0 bridgehead atoms. The molecule has 0 spiro atoms. The van der Waals surface area contributed by atoms with E-state index in [1.807, 2.05) is 6.08 Å². The molecule has 1 N–H and O–H groups in total. The van der Waals surface area contributed by atoms with Crippen LogP contribution in [-0.4, -0.2) is 24.2 Å². The highest BCUT2D eigenvalue weighted by Gasteiger charge is 2.60. The van der Waals surface area contributed by atoms with Crippen LogP contribution in [0, 0.1) is 34.5 Å². The van der Waals surface area contributed by atoms with E-state index in [0.717, 1.165) is 76.4 Å². The van der Waals surface area contributed by atoms with Crippen molar-refractivity contribution in [3.05, 3.63) is 41.5 Å². The van der Waals surface area contributed by atoms with Crippen molar-refractivity contribution in [3.8, 4) is 5.75 Å². The molecule has 0 amide bonds. The smallest absolute Gasteiger partial charge is 0.155 e. The minimum atomic E-state index is -0.220. The van der Waals surface area contributed by atoms with Gasteiger partial charge in [0.2, 0.25) is 0 Å². The van der Waals surface area contributed by atoms with E-state index in [4.69, 9.17) is 4.74 Å². The maximum absolute atomic E-state index is 13.6. The van der Waals surface area contributed by atoms with E-state index in [1.54, 1.807) is 0 Å². The number of nitrogens with one attached hydrogen (secondary N) is 1. The molecule has 3 fully saturated rings. The first-order valence-electron chi connectivity index (χ1n) is 16.5. The molecule has 3 saturated carbocycles. The summed E-state index contributed by atoms with van der Waals surface area (Å²) < 4.78 is 6.43. The fourth-order valence-corrected chi connectivity index (χ4v) is 9.42. The normalized spacial score (nSPS) is 31.8. The van der Waals surface area contributed by atoms with Crippen LogP contribution < -0.4 is 10.1 Å². The van der Waals surface area contributed by atoms with Crippen LogP contribution in [-0.2, 0) is 9.59 Å². The molecule has 0 radical (unpaired) electrons. The Morgan fingerprint density at radius 1 is 1.02 bits per heavy atom. The molecule has 220 valence electrons. The Bertz CT molecular complexity index is 1100. The molecule has 4 aliphatic rings. The predicted molar refractivity (Wildman–Crippen MR) is 162 cm³/mol. The summed E-state index contributed by atoms with van der Waals surface area (Å²) in [4.78, 5) is 25.9. The predicted octanol–water partition coefficient (Wildman–Crippen LogP) is 8.40. The number of rotatable bonds is 11. The molecule has 4 nitrogen and oxygen atoms in total. The number of hydrogen-bond acceptors (Lipinski definition) is 4. The summed E-state index contributed by atoms with van der Waals surface area (Å²) in [5.74, 6) is 3.94. The van der Waals surface area contributed by atoms with Crippen molar-refractivity contribution < 1.29 is 14.3 Å². The van der Waals surface area contributed by atoms with Gasteiger partial charge in [-0.15, -0.1) is 0 Å². The number of Topliss-reactive ketones (excluding diaryl/α,β-unsaturated/α-hetero) is 1. The first kappa shape index (κ1) is 29.5. The highest BCUT2D eigenvalue weighted by atomic mass is 16.5. The van der Waals surface area contributed by atoms with E-state index in [0.29, 0.717) is 60.3 Å². The van der Waals surface area contributed by atoms with Crippen LogP contribution >= 0.6 is 0 Å². The third-order valence-electron chi connectivity index (χ3n) is 11.5. The van der Waals surface area contributed by atoms with E-state index < -0.39 is 0 Å². The van der Waals surface area contributed by atoms with Gasteiger partial charge in [0.25, 0.3) is 0 Å². The van der Waals surface area contributed by atoms with Gasteiger partial charge in [-0.1, -0.05) is 58.7 Å². The van der Waals surface area contributed by atoms with Crippen molar-refractivity contribution in [3.63, 3.8) is 0 Å². The number of carbonyl (C=O) groups is 2. The van der Waals surface area contributed by atoms with Crippen LogP contribution in [0.2, 0.25) is 0 Å². The van der Waals surface area contributed by atoms with Gasteiger partial charge in [0.15, 0.2) is 5.78 Å². The lowest BCUT2D eigenvalue weighted by Crippen LogP contribution is -2.51. The third-order valence-corrected chi connectivity index (χ3v) is 11.5. The highest BCUT2D eigenvalue weighted by Crippen LogP contribution is 2.64. The van der Waals surface area contributed by atoms with Crippen molar-refractivity contribution >= 4 is 11.6 Å². The van der Waals surface area contributed by atoms with E-state index in [2.05, 4.69) is 64.2 Å². The second-order valence-corrected chi connectivity index (χ2v) is 14.1. The Balaban J connectivity index is 1.29. The van der Waals surface area contributed by atoms with Gasteiger partial charge in [0, 0.05) is 30.3 Å². The number of ether oxygens (including phenoxy) is 1. The van der Waals surface area contributed by atoms with Gasteiger partial charge in [-0.05, 0) is 111 Å². The summed E-state index contributed by atoms with van der Waals surface area (Å²) in [6.07, 6.45) is 14.1. The number of allylic oxidation sites excluding steroid dienone is 1. The van der Waals surface area contributed by atoms with Crippen LogP contribution in [0.5, 0.6) is 5.75 Å². The average Bonchev–Trinajstić information content (AvgIpc) is 3.27. The quantitative estimate of drug-likeness (QED) is 0.302. The first-order chi connectivity index (χ1) is 19.2. The fraction of sp³-hybridized carbons (Fsp3) is 0.722. The first-order valence-corrected chi connectivity index (χ1v) is 16.5. The minimum Gasteiger partial charge on any atom is -0.494 e. The topological polar surface area (TPSA) is 55.4 Å². The summed E-state index contributed by atoms with van der Waals surface area (Å²) in [5.41, 5.74) is 2.54. The van der Waals surface area contributed by atoms with Crippen LogP contribution in [0.4, 0.5) is 0 Å². The molecule has 6 atom stereocenters. The van der Waals surface area contributed by atoms with Crippen molar-refractivity contribution in [2.75, 3.05) is 6.61 Å². The van der Waals surface area contributed by atoms with Crippen molar-refractivity contribution in [1.29, 1.82) is 0 Å². The summed E-state index contributed by atoms with van der Waals surface area (Å²) in [5, 5.41) is 3.87. The average molecular weight is 548 g/mol. The van der Waals surface area contributed by atoms with Gasteiger partial charge in [-0.2, -0.15) is 0 Å². The lowest BCUT2D eigenvalue weighted by Gasteiger charge is -2.57. The van der Waals surface area contributed by atoms with Gasteiger partial charge < -0.3 is 10.1 Å². The summed E-state index contributed by atoms with van der Waals surface area (Å²) in [7, 11) is 0. The van der Waals surface area contributed by atoms with Crippen molar-refractivity contribution in [2.24, 2.45) is 34.5 Å². The molecule has 1 aromatic carbocycles. The van der Waals surface area contributed by atoms with E-state index in [9.17, 15) is 9.59 Å². The molecule has 40 heavy (non-hydrogen) atoms. The molecule has 5 rings (SSSR count). The Labute approximate surface area is 243 Å². The SMILES string of the molecule is CCCC(NC(CC)CC)c1cccc(OCC[C@]23CCC4C5CCC(=O)C=C5C(C)(C)CC4C2CCC3=O)c1. The zero-order chi connectivity index (χ0) is 28.5. The van der Waals surface area contributed by atoms with E-state index >= 15 is 0 Å². The number of carbonyl (C=O) groups excluding carboxylic acids is 2. The monoisotopic (exact) mass is 547 g/mol. The zero-order valence-corrected chi connectivity index (χ0v) is 25.8. The molecule has 1 aromatic rings. The summed E-state index contributed by atoms with van der Waals surface area (Å²) in [6.45, 7) is 12.1. The minimum absolute atomic E-state index is 0.0468. The Morgan fingerprint density at radius 2 is 1.82 bits per heavy atom. The molecule has 0 aromatic heterocycles. The molecular formula is C36H53NO3. The second kappa shape index (κ2) is 12.1. The van der Waals surface area contributed by atoms with E-state index in [1.165, 1.54) is 11.1 Å². The third kappa shape index (κ3) is 5.59. The number of ketones is 2. The fourth-order valence-electron chi connectivity index (χ4n) is 9.42. The molecule has 0 aliphatic heterocycles. The number of benzene rings is 1. The van der Waals surface area contributed by atoms with Gasteiger partial charge in [-0.3, -0.25) is 9.59 Å². The zero-order valence-electron chi connectivity index (χ0n) is 25.8. The maximum atomic E-state index is 13.6. The van der Waals surface area contributed by atoms with Gasteiger partial charge in [0.1, 0.15) is 11.5 Å². The van der Waals surface area contributed by atoms with Gasteiger partial charge in [0.05, 0.1) is 6.61 Å². The largest absolute Gasteiger partial charge is 0.494 e. The lowest BCUT2D eigenvalue weighted by atomic mass is 9.47. The maximum Gasteiger partial charge on any atom is 0.155 e. The number of hydrogen-bond donors (Lipinski definition) is 1. The van der Waals surface area contributed by atoms with Crippen molar-refractivity contribution in [2.45, 2.75) is 124 Å². The lowest BCUT2D eigenvalue weighted by molar-refractivity contribution is -0.135. The van der Waals surface area contributed by atoms with Crippen molar-refractivity contribution in [1.82, 2.24) is 5.32 Å². The van der Waals surface area contributed by atoms with Gasteiger partial charge in [-0.25, -0.2) is 0 Å². The summed E-state index contributed by atoms with van der Waals surface area (Å²) >= 11 is 0. The summed E-state index contributed by atoms with van der Waals surface area (Å²) in [6, 6.07) is 9.53. The van der Waals surface area contributed by atoms with E-state index in [-0.39, 0.29) is 10.8 Å². The van der Waals surface area contributed by atoms with Crippen LogP contribution in [0.3, 0.4) is 0 Å². The molecule has 4 heteroatoms. The molecule has 4 aliphatic carbocycles. The second-order valence-electron chi connectivity index (χ2n) is 14.1. The van der Waals surface area contributed by atoms with Crippen LogP contribution in [0.25, 0.3) is 0 Å². The van der Waals surface area contributed by atoms with Crippen LogP contribution in [0.15, 0.2) is 35.9 Å². The molecule has 0 heterocycles. The number of fused-ring (bicyclic) bond motifs is 5. The highest BCUT2D eigenvalue weighted by molar-refractivity contribution is 5.91.